The van der Waals surface area contributed by atoms with Crippen LogP contribution in [0.1, 0.15) is 48.6 Å². The summed E-state index contributed by atoms with van der Waals surface area (Å²) in [5.74, 6) is 0.837. The Morgan fingerprint density at radius 2 is 1.93 bits per heavy atom. The first kappa shape index (κ1) is 17.2. The van der Waals surface area contributed by atoms with E-state index in [4.69, 9.17) is 0 Å². The molecular weight excluding hydrogens is 374 g/mol. The van der Waals surface area contributed by atoms with Gasteiger partial charge in [0.25, 0.3) is 0 Å². The highest BCUT2D eigenvalue weighted by molar-refractivity contribution is 7.09. The molecule has 0 atom stereocenters. The average molecular weight is 402 g/mol. The van der Waals surface area contributed by atoms with E-state index in [1.807, 2.05) is 15.3 Å². The van der Waals surface area contributed by atoms with Crippen molar-refractivity contribution in [1.82, 2.24) is 25.0 Å². The van der Waals surface area contributed by atoms with E-state index < -0.39 is 0 Å². The molecule has 4 aliphatic heterocycles. The van der Waals surface area contributed by atoms with Crippen LogP contribution in [0.25, 0.3) is 0 Å². The van der Waals surface area contributed by atoms with Crippen LogP contribution in [0.5, 0.6) is 0 Å². The maximum atomic E-state index is 12.7. The van der Waals surface area contributed by atoms with Gasteiger partial charge in [-0.05, 0) is 19.3 Å². The maximum absolute atomic E-state index is 12.7. The van der Waals surface area contributed by atoms with Crippen LogP contribution in [0.3, 0.4) is 0 Å². The zero-order valence-electron chi connectivity index (χ0n) is 16.2. The van der Waals surface area contributed by atoms with Crippen molar-refractivity contribution in [3.8, 4) is 0 Å². The first-order chi connectivity index (χ1) is 13.5. The van der Waals surface area contributed by atoms with Crippen LogP contribution in [0, 0.1) is 5.41 Å². The molecule has 4 saturated heterocycles. The summed E-state index contributed by atoms with van der Waals surface area (Å²) in [7, 11) is 0. The number of rotatable bonds is 3. The normalized spacial score (nSPS) is 27.9. The molecule has 0 aromatic carbocycles. The minimum Gasteiger partial charge on any atom is -0.347 e. The summed E-state index contributed by atoms with van der Waals surface area (Å²) in [6, 6.07) is 0.158. The molecule has 1 N–H and O–H groups in total. The van der Waals surface area contributed by atoms with Crippen molar-refractivity contribution in [3.63, 3.8) is 0 Å². The summed E-state index contributed by atoms with van der Waals surface area (Å²) >= 11 is 1.81. The molecule has 3 amide bonds. The summed E-state index contributed by atoms with van der Waals surface area (Å²) in [4.78, 5) is 36.6. The van der Waals surface area contributed by atoms with Gasteiger partial charge in [-0.1, -0.05) is 6.42 Å². The van der Waals surface area contributed by atoms with Gasteiger partial charge in [0.2, 0.25) is 5.91 Å². The van der Waals surface area contributed by atoms with Crippen molar-refractivity contribution in [2.45, 2.75) is 50.1 Å². The van der Waals surface area contributed by atoms with E-state index in [1.165, 1.54) is 29.8 Å². The van der Waals surface area contributed by atoms with Crippen LogP contribution in [0.15, 0.2) is 5.51 Å². The second-order valence-corrected chi connectivity index (χ2v) is 10.7. The SMILES string of the molecule is O=C1CCC2(CN(C(=O)N3CC4(CN(Cc5scnc5C5CCC5)C4)C3)C2)N1. The predicted molar refractivity (Wildman–Crippen MR) is 105 cm³/mol. The number of nitrogens with one attached hydrogen (secondary N) is 1. The molecule has 1 saturated carbocycles. The molecule has 1 aliphatic carbocycles. The van der Waals surface area contributed by atoms with Gasteiger partial charge < -0.3 is 15.1 Å². The van der Waals surface area contributed by atoms with Crippen molar-refractivity contribution in [3.05, 3.63) is 16.1 Å². The Morgan fingerprint density at radius 1 is 1.18 bits per heavy atom. The van der Waals surface area contributed by atoms with Crippen molar-refractivity contribution < 1.29 is 9.59 Å². The Hall–Kier alpha value is -1.67. The van der Waals surface area contributed by atoms with Gasteiger partial charge in [0.05, 0.1) is 16.7 Å². The molecule has 0 radical (unpaired) electrons. The number of carbonyl (C=O) groups is 2. The molecule has 5 fully saturated rings. The lowest BCUT2D eigenvalue weighted by molar-refractivity contribution is -0.121. The molecule has 7 nitrogen and oxygen atoms in total. The Labute approximate surface area is 169 Å². The summed E-state index contributed by atoms with van der Waals surface area (Å²) < 4.78 is 0. The number of hydrogen-bond acceptors (Lipinski definition) is 5. The third kappa shape index (κ3) is 2.60. The predicted octanol–water partition coefficient (Wildman–Crippen LogP) is 1.61. The number of carbonyl (C=O) groups excluding carboxylic acids is 2. The van der Waals surface area contributed by atoms with Gasteiger partial charge in [0.1, 0.15) is 0 Å². The number of thiazole rings is 1. The van der Waals surface area contributed by atoms with E-state index in [0.29, 0.717) is 30.8 Å². The largest absolute Gasteiger partial charge is 0.347 e. The number of hydrogen-bond donors (Lipinski definition) is 1. The molecule has 1 aromatic heterocycles. The lowest BCUT2D eigenvalue weighted by Crippen LogP contribution is -2.76. The molecular formula is C20H27N5O2S. The van der Waals surface area contributed by atoms with E-state index >= 15 is 0 Å². The smallest absolute Gasteiger partial charge is 0.320 e. The molecule has 8 heteroatoms. The summed E-state index contributed by atoms with van der Waals surface area (Å²) in [5.41, 5.74) is 3.57. The Bertz CT molecular complexity index is 814. The maximum Gasteiger partial charge on any atom is 0.320 e. The molecule has 0 unspecified atom stereocenters. The van der Waals surface area contributed by atoms with E-state index in [1.54, 1.807) is 11.3 Å². The zero-order chi connectivity index (χ0) is 18.9. The highest BCUT2D eigenvalue weighted by Crippen LogP contribution is 2.44. The van der Waals surface area contributed by atoms with Crippen LogP contribution < -0.4 is 5.32 Å². The van der Waals surface area contributed by atoms with Crippen LogP contribution in [0.4, 0.5) is 4.79 Å². The first-order valence-corrected chi connectivity index (χ1v) is 11.4. The lowest BCUT2D eigenvalue weighted by atomic mass is 9.72. The topological polar surface area (TPSA) is 68.8 Å². The first-order valence-electron chi connectivity index (χ1n) is 10.5. The highest BCUT2D eigenvalue weighted by Gasteiger charge is 2.56. The molecule has 5 aliphatic rings. The molecule has 0 bridgehead atoms. The fraction of sp³-hybridized carbons (Fsp3) is 0.750. The van der Waals surface area contributed by atoms with Crippen LogP contribution in [-0.2, 0) is 11.3 Å². The van der Waals surface area contributed by atoms with Crippen molar-refractivity contribution in [2.24, 2.45) is 5.41 Å². The van der Waals surface area contributed by atoms with Gasteiger partial charge in [-0.15, -0.1) is 11.3 Å². The fourth-order valence-corrected chi connectivity index (χ4v) is 6.65. The molecule has 6 rings (SSSR count). The molecule has 2 spiro atoms. The van der Waals surface area contributed by atoms with Gasteiger partial charge >= 0.3 is 6.03 Å². The quantitative estimate of drug-likeness (QED) is 0.836. The van der Waals surface area contributed by atoms with Gasteiger partial charge in [0.15, 0.2) is 0 Å². The summed E-state index contributed by atoms with van der Waals surface area (Å²) in [6.45, 7) is 6.36. The van der Waals surface area contributed by atoms with Crippen molar-refractivity contribution >= 4 is 23.3 Å². The standard InChI is InChI=1S/C20H27N5O2S/c26-16-4-5-20(22-16)11-25(12-20)18(27)24-9-19(10-24)7-23(8-19)6-15-17(21-13-28-15)14-2-1-3-14/h13-14H,1-12H2,(H,22,26). The van der Waals surface area contributed by atoms with Crippen molar-refractivity contribution in [1.29, 1.82) is 0 Å². The number of urea groups is 1. The summed E-state index contributed by atoms with van der Waals surface area (Å²) in [5, 5.41) is 3.05. The fourth-order valence-electron chi connectivity index (χ4n) is 5.76. The van der Waals surface area contributed by atoms with E-state index in [9.17, 15) is 9.59 Å². The van der Waals surface area contributed by atoms with Crippen molar-refractivity contribution in [2.75, 3.05) is 39.3 Å². The molecule has 1 aromatic rings. The monoisotopic (exact) mass is 401 g/mol. The van der Waals surface area contributed by atoms with Gasteiger partial charge in [-0.25, -0.2) is 9.78 Å². The Balaban J connectivity index is 0.975. The highest BCUT2D eigenvalue weighted by atomic mass is 32.1. The summed E-state index contributed by atoms with van der Waals surface area (Å²) in [6.07, 6.45) is 5.43. The van der Waals surface area contributed by atoms with E-state index in [0.717, 1.165) is 39.1 Å². The van der Waals surface area contributed by atoms with E-state index in [2.05, 4.69) is 15.2 Å². The second kappa shape index (κ2) is 5.92. The number of nitrogens with zero attached hydrogens (tertiary/aromatic N) is 4. The third-order valence-electron chi connectivity index (χ3n) is 7.47. The van der Waals surface area contributed by atoms with Gasteiger partial charge in [-0.2, -0.15) is 0 Å². The second-order valence-electron chi connectivity index (χ2n) is 9.76. The molecule has 5 heterocycles. The van der Waals surface area contributed by atoms with Crippen LogP contribution in [-0.4, -0.2) is 76.4 Å². The number of aromatic nitrogens is 1. The Kier molecular flexibility index (Phi) is 3.64. The van der Waals surface area contributed by atoms with Crippen LogP contribution >= 0.6 is 11.3 Å². The van der Waals surface area contributed by atoms with E-state index in [-0.39, 0.29) is 17.5 Å². The number of amides is 3. The van der Waals surface area contributed by atoms with Gasteiger partial charge in [-0.3, -0.25) is 9.69 Å². The minimum atomic E-state index is -0.116. The van der Waals surface area contributed by atoms with Crippen LogP contribution in [0.2, 0.25) is 0 Å². The minimum absolute atomic E-state index is 0.116. The van der Waals surface area contributed by atoms with Gasteiger partial charge in [0, 0.05) is 68.4 Å². The lowest BCUT2D eigenvalue weighted by Gasteiger charge is -2.61. The molecule has 28 heavy (non-hydrogen) atoms. The Morgan fingerprint density at radius 3 is 2.57 bits per heavy atom. The third-order valence-corrected chi connectivity index (χ3v) is 8.30. The number of likely N-dealkylation sites (tertiary alicyclic amines) is 3. The zero-order valence-corrected chi connectivity index (χ0v) is 17.0. The molecule has 150 valence electrons. The average Bonchev–Trinajstić information content (AvgIpc) is 3.12.